The standard InChI is InChI=1S/C23H33NO4/c1-15(6-7-16-5-3-10-26-16)24-13-18-17-11-20-22(2,12-19(17)28-21(18)25)8-4-9-23(20)14-27-23/h3,5,10,15,17-20,24H,4,6-9,11-14H2,1-2H3/t15-,17+,18+,19+,20+,22+,23-/m0/s1. The molecule has 2 aliphatic heterocycles. The van der Waals surface area contributed by atoms with Gasteiger partial charge in [-0.3, -0.25) is 4.79 Å². The van der Waals surface area contributed by atoms with E-state index in [4.69, 9.17) is 13.9 Å². The maximum Gasteiger partial charge on any atom is 0.310 e. The lowest BCUT2D eigenvalue weighted by molar-refractivity contribution is -0.147. The quantitative estimate of drug-likeness (QED) is 0.595. The molecule has 7 atom stereocenters. The summed E-state index contributed by atoms with van der Waals surface area (Å²) in [4.78, 5) is 12.7. The van der Waals surface area contributed by atoms with E-state index in [-0.39, 0.29) is 29.0 Å². The number of nitrogens with one attached hydrogen (secondary N) is 1. The fourth-order valence-corrected chi connectivity index (χ4v) is 6.43. The molecule has 0 radical (unpaired) electrons. The van der Waals surface area contributed by atoms with E-state index >= 15 is 0 Å². The summed E-state index contributed by atoms with van der Waals surface area (Å²) in [5.74, 6) is 1.94. The SMILES string of the molecule is C[C@@H](CCc1ccco1)NC[C@H]1C(=O)O[C@@H]2C[C@@]3(C)CCC[C@]4(CO4)[C@@H]3C[C@@H]21. The van der Waals surface area contributed by atoms with Gasteiger partial charge in [0.05, 0.1) is 24.4 Å². The van der Waals surface area contributed by atoms with Gasteiger partial charge in [-0.2, -0.15) is 0 Å². The third kappa shape index (κ3) is 3.21. The van der Waals surface area contributed by atoms with Crippen molar-refractivity contribution in [1.29, 1.82) is 0 Å². The van der Waals surface area contributed by atoms with Crippen LogP contribution in [0.5, 0.6) is 0 Å². The first-order valence-electron chi connectivity index (χ1n) is 11.1. The van der Waals surface area contributed by atoms with Crippen molar-refractivity contribution in [3.8, 4) is 0 Å². The minimum Gasteiger partial charge on any atom is -0.469 e. The number of esters is 1. The van der Waals surface area contributed by atoms with E-state index in [0.717, 1.165) is 44.6 Å². The molecular formula is C23H33NO4. The predicted octanol–water partition coefficient (Wildman–Crippen LogP) is 3.72. The van der Waals surface area contributed by atoms with Crippen molar-refractivity contribution in [2.24, 2.45) is 23.2 Å². The lowest BCUT2D eigenvalue weighted by atomic mass is 9.53. The fourth-order valence-electron chi connectivity index (χ4n) is 6.43. The fraction of sp³-hybridized carbons (Fsp3) is 0.783. The largest absolute Gasteiger partial charge is 0.469 e. The topological polar surface area (TPSA) is 64.0 Å². The molecule has 1 aromatic heterocycles. The second-order valence-electron chi connectivity index (χ2n) is 10.0. The highest BCUT2D eigenvalue weighted by atomic mass is 16.6. The van der Waals surface area contributed by atoms with Crippen molar-refractivity contribution < 1.29 is 18.7 Å². The van der Waals surface area contributed by atoms with Gasteiger partial charge in [-0.1, -0.05) is 6.92 Å². The van der Waals surface area contributed by atoms with Gasteiger partial charge < -0.3 is 19.2 Å². The number of hydrogen-bond donors (Lipinski definition) is 1. The van der Waals surface area contributed by atoms with Gasteiger partial charge in [0.15, 0.2) is 0 Å². The molecule has 2 saturated heterocycles. The molecule has 154 valence electrons. The Bertz CT molecular complexity index is 712. The highest BCUT2D eigenvalue weighted by molar-refractivity contribution is 5.75. The van der Waals surface area contributed by atoms with Gasteiger partial charge in [0.25, 0.3) is 0 Å². The normalized spacial score (nSPS) is 42.7. The summed E-state index contributed by atoms with van der Waals surface area (Å²) in [6, 6.07) is 4.30. The zero-order chi connectivity index (χ0) is 19.4. The molecule has 28 heavy (non-hydrogen) atoms. The number of carbonyl (C=O) groups excluding carboxylic acids is 1. The molecule has 3 heterocycles. The van der Waals surface area contributed by atoms with Crippen LogP contribution >= 0.6 is 0 Å². The van der Waals surface area contributed by atoms with Crippen molar-refractivity contribution in [3.63, 3.8) is 0 Å². The molecule has 1 aromatic rings. The molecule has 5 nitrogen and oxygen atoms in total. The first-order valence-corrected chi connectivity index (χ1v) is 11.1. The Hall–Kier alpha value is -1.33. The van der Waals surface area contributed by atoms with Crippen LogP contribution in [-0.2, 0) is 20.7 Å². The minimum absolute atomic E-state index is 0.00810. The lowest BCUT2D eigenvalue weighted by Crippen LogP contribution is -2.51. The maximum atomic E-state index is 12.7. The van der Waals surface area contributed by atoms with Gasteiger partial charge in [0.2, 0.25) is 0 Å². The first kappa shape index (κ1) is 18.7. The molecule has 0 amide bonds. The molecule has 0 aromatic carbocycles. The van der Waals surface area contributed by atoms with Crippen LogP contribution in [-0.4, -0.2) is 36.9 Å². The maximum absolute atomic E-state index is 12.7. The number of rotatable bonds is 6. The molecule has 0 unspecified atom stereocenters. The predicted molar refractivity (Wildman–Crippen MR) is 105 cm³/mol. The van der Waals surface area contributed by atoms with Crippen LogP contribution in [0.15, 0.2) is 22.8 Å². The average Bonchev–Trinajstić information content (AvgIpc) is 3.11. The summed E-state index contributed by atoms with van der Waals surface area (Å²) >= 11 is 0. The Labute approximate surface area is 167 Å². The second-order valence-corrected chi connectivity index (χ2v) is 10.0. The monoisotopic (exact) mass is 387 g/mol. The second kappa shape index (κ2) is 6.88. The molecule has 5 rings (SSSR count). The van der Waals surface area contributed by atoms with Gasteiger partial charge >= 0.3 is 5.97 Å². The molecular weight excluding hydrogens is 354 g/mol. The Morgan fingerprint density at radius 1 is 1.36 bits per heavy atom. The van der Waals surface area contributed by atoms with Crippen LogP contribution in [0.25, 0.3) is 0 Å². The number of furan rings is 1. The van der Waals surface area contributed by atoms with E-state index in [1.165, 1.54) is 19.3 Å². The zero-order valence-electron chi connectivity index (χ0n) is 17.1. The summed E-state index contributed by atoms with van der Waals surface area (Å²) in [7, 11) is 0. The molecule has 2 aliphatic carbocycles. The summed E-state index contributed by atoms with van der Waals surface area (Å²) < 4.78 is 17.3. The highest BCUT2D eigenvalue weighted by Crippen LogP contribution is 2.62. The Balaban J connectivity index is 1.21. The van der Waals surface area contributed by atoms with E-state index < -0.39 is 0 Å². The summed E-state index contributed by atoms with van der Waals surface area (Å²) in [5.41, 5.74) is 0.396. The molecule has 5 heteroatoms. The highest BCUT2D eigenvalue weighted by Gasteiger charge is 2.64. The number of carbonyl (C=O) groups is 1. The van der Waals surface area contributed by atoms with E-state index in [0.29, 0.717) is 17.9 Å². The number of fused-ring (bicyclic) bond motifs is 3. The summed E-state index contributed by atoms with van der Waals surface area (Å²) in [6.45, 7) is 6.24. The Morgan fingerprint density at radius 3 is 2.96 bits per heavy atom. The van der Waals surface area contributed by atoms with Crippen molar-refractivity contribution in [2.75, 3.05) is 13.2 Å². The Kier molecular flexibility index (Phi) is 4.59. The summed E-state index contributed by atoms with van der Waals surface area (Å²) in [5, 5.41) is 3.59. The van der Waals surface area contributed by atoms with Crippen LogP contribution in [0.1, 0.15) is 58.1 Å². The van der Waals surface area contributed by atoms with Gasteiger partial charge in [0, 0.05) is 24.9 Å². The average molecular weight is 388 g/mol. The van der Waals surface area contributed by atoms with Crippen molar-refractivity contribution in [1.82, 2.24) is 5.32 Å². The van der Waals surface area contributed by atoms with Gasteiger partial charge in [-0.15, -0.1) is 0 Å². The van der Waals surface area contributed by atoms with Crippen molar-refractivity contribution >= 4 is 5.97 Å². The van der Waals surface area contributed by atoms with Crippen LogP contribution in [0.2, 0.25) is 0 Å². The third-order valence-corrected chi connectivity index (χ3v) is 8.17. The lowest BCUT2D eigenvalue weighted by Gasteiger charge is -2.51. The number of epoxide rings is 1. The van der Waals surface area contributed by atoms with Crippen LogP contribution in [0.3, 0.4) is 0 Å². The van der Waals surface area contributed by atoms with E-state index in [1.54, 1.807) is 6.26 Å². The van der Waals surface area contributed by atoms with Gasteiger partial charge in [0.1, 0.15) is 11.9 Å². The van der Waals surface area contributed by atoms with E-state index in [1.807, 2.05) is 12.1 Å². The van der Waals surface area contributed by atoms with Crippen molar-refractivity contribution in [2.45, 2.75) is 76.5 Å². The molecule has 4 fully saturated rings. The first-order chi connectivity index (χ1) is 13.5. The molecule has 1 N–H and O–H groups in total. The van der Waals surface area contributed by atoms with Crippen LogP contribution < -0.4 is 5.32 Å². The van der Waals surface area contributed by atoms with Crippen molar-refractivity contribution in [3.05, 3.63) is 24.2 Å². The number of ether oxygens (including phenoxy) is 2. The molecule has 4 aliphatic rings. The smallest absolute Gasteiger partial charge is 0.310 e. The van der Waals surface area contributed by atoms with E-state index in [9.17, 15) is 4.79 Å². The van der Waals surface area contributed by atoms with Crippen LogP contribution in [0, 0.1) is 23.2 Å². The van der Waals surface area contributed by atoms with Gasteiger partial charge in [-0.25, -0.2) is 0 Å². The molecule has 0 bridgehead atoms. The third-order valence-electron chi connectivity index (χ3n) is 8.17. The number of hydrogen-bond acceptors (Lipinski definition) is 5. The number of aryl methyl sites for hydroxylation is 1. The summed E-state index contributed by atoms with van der Waals surface area (Å²) in [6.07, 6.45) is 9.54. The van der Waals surface area contributed by atoms with Crippen LogP contribution in [0.4, 0.5) is 0 Å². The van der Waals surface area contributed by atoms with E-state index in [2.05, 4.69) is 19.2 Å². The molecule has 2 saturated carbocycles. The Morgan fingerprint density at radius 2 is 2.21 bits per heavy atom. The zero-order valence-corrected chi connectivity index (χ0v) is 17.1. The van der Waals surface area contributed by atoms with Gasteiger partial charge in [-0.05, 0) is 68.9 Å². The molecule has 1 spiro atoms. The minimum atomic E-state index is -0.0154.